The highest BCUT2D eigenvalue weighted by Crippen LogP contribution is 2.31. The summed E-state index contributed by atoms with van der Waals surface area (Å²) in [5, 5.41) is 4.23. The molecule has 1 N–H and O–H groups in total. The fourth-order valence-corrected chi connectivity index (χ4v) is 4.16. The Morgan fingerprint density at radius 3 is 2.86 bits per heavy atom. The molecule has 4 heterocycles. The van der Waals surface area contributed by atoms with Crippen molar-refractivity contribution in [1.82, 2.24) is 29.5 Å². The summed E-state index contributed by atoms with van der Waals surface area (Å²) in [6, 6.07) is -0.0239. The maximum absolute atomic E-state index is 13.4. The quantitative estimate of drug-likeness (QED) is 0.828. The van der Waals surface area contributed by atoms with Crippen LogP contribution < -0.4 is 5.56 Å². The monoisotopic (exact) mass is 402 g/mol. The Hall–Kier alpha value is -2.88. The third kappa shape index (κ3) is 2.98. The van der Waals surface area contributed by atoms with Gasteiger partial charge in [-0.05, 0) is 19.4 Å². The van der Waals surface area contributed by atoms with E-state index in [1.165, 1.54) is 10.9 Å². The topological polar surface area (TPSA) is 87.1 Å². The minimum Gasteiger partial charge on any atom is -0.335 e. The van der Waals surface area contributed by atoms with Crippen molar-refractivity contribution in [2.45, 2.75) is 31.7 Å². The summed E-state index contributed by atoms with van der Waals surface area (Å²) in [7, 11) is 0. The molecule has 152 valence electrons. The maximum atomic E-state index is 13.4. The maximum Gasteiger partial charge on any atom is 0.261 e. The number of carbonyl (C=O) groups is 1. The molecule has 2 aromatic rings. The lowest BCUT2D eigenvalue weighted by molar-refractivity contribution is -0.00874. The Morgan fingerprint density at radius 1 is 1.34 bits per heavy atom. The van der Waals surface area contributed by atoms with E-state index >= 15 is 0 Å². The van der Waals surface area contributed by atoms with E-state index in [1.807, 2.05) is 6.08 Å². The van der Waals surface area contributed by atoms with Crippen LogP contribution in [-0.4, -0.2) is 73.6 Å². The Bertz CT molecular complexity index is 1080. The number of aromatic amines is 1. The van der Waals surface area contributed by atoms with E-state index in [0.717, 1.165) is 0 Å². The van der Waals surface area contributed by atoms with Gasteiger partial charge >= 0.3 is 0 Å². The second kappa shape index (κ2) is 6.31. The first kappa shape index (κ1) is 18.2. The molecule has 2 aromatic heterocycles. The lowest BCUT2D eigenvalue weighted by Crippen LogP contribution is -2.60. The normalized spacial score (nSPS) is 20.9. The molecule has 0 aromatic carbocycles. The second-order valence-electron chi connectivity index (χ2n) is 7.86. The number of fused-ring (bicyclic) bond motifs is 1. The summed E-state index contributed by atoms with van der Waals surface area (Å²) < 4.78 is 28.2. The molecule has 0 bridgehead atoms. The molecule has 0 radical (unpaired) electrons. The number of halogens is 2. The Labute approximate surface area is 164 Å². The molecule has 0 atom stereocenters. The van der Waals surface area contributed by atoms with Crippen LogP contribution in [0.3, 0.4) is 0 Å². The fraction of sp³-hybridized carbons (Fsp3) is 0.474. The molecule has 2 fully saturated rings. The molecular formula is C19H20F2N6O2. The third-order valence-corrected chi connectivity index (χ3v) is 5.94. The number of aromatic nitrogens is 4. The molecule has 2 saturated heterocycles. The first-order chi connectivity index (χ1) is 13.8. The number of nitrogens with zero attached hydrogens (tertiary/aromatic N) is 5. The first-order valence-electron chi connectivity index (χ1n) is 9.58. The zero-order valence-electron chi connectivity index (χ0n) is 15.9. The van der Waals surface area contributed by atoms with Gasteiger partial charge < -0.3 is 4.90 Å². The molecule has 10 heteroatoms. The van der Waals surface area contributed by atoms with Crippen molar-refractivity contribution in [2.24, 2.45) is 0 Å². The van der Waals surface area contributed by atoms with Gasteiger partial charge in [-0.3, -0.25) is 19.5 Å². The molecule has 0 spiro atoms. The standard InChI is InChI=1S/C19H20F2N6O2/c1-11-14(17(29)26-8-12(9-26)25-6-5-19(20,21)10-25)7-22-27(11)18-23-15-4-2-3-13(15)16(28)24-18/h2,4,7,12H,3,5-6,8-10H2,1H3,(H,23,24,28). The number of allylic oxidation sites excluding steroid dienone is 1. The Kier molecular flexibility index (Phi) is 3.95. The molecule has 0 unspecified atom stereocenters. The average Bonchev–Trinajstić information content (AvgIpc) is 3.32. The third-order valence-electron chi connectivity index (χ3n) is 5.94. The van der Waals surface area contributed by atoms with Crippen LogP contribution in [-0.2, 0) is 6.42 Å². The number of hydrogen-bond donors (Lipinski definition) is 1. The lowest BCUT2D eigenvalue weighted by Gasteiger charge is -2.43. The van der Waals surface area contributed by atoms with Gasteiger partial charge in [0, 0.05) is 37.7 Å². The van der Waals surface area contributed by atoms with Crippen LogP contribution in [0.2, 0.25) is 0 Å². The summed E-state index contributed by atoms with van der Waals surface area (Å²) in [6.07, 6.45) is 5.56. The largest absolute Gasteiger partial charge is 0.335 e. The van der Waals surface area contributed by atoms with Crippen molar-refractivity contribution in [3.63, 3.8) is 0 Å². The number of alkyl halides is 2. The summed E-state index contributed by atoms with van der Waals surface area (Å²) >= 11 is 0. The van der Waals surface area contributed by atoms with E-state index in [-0.39, 0.29) is 36.4 Å². The van der Waals surface area contributed by atoms with Crippen molar-refractivity contribution < 1.29 is 13.6 Å². The summed E-state index contributed by atoms with van der Waals surface area (Å²) in [6.45, 7) is 2.73. The number of amides is 1. The van der Waals surface area contributed by atoms with E-state index in [4.69, 9.17) is 0 Å². The Balaban J connectivity index is 1.32. The minimum atomic E-state index is -2.63. The van der Waals surface area contributed by atoms with Crippen molar-refractivity contribution in [1.29, 1.82) is 0 Å². The number of nitrogens with one attached hydrogen (secondary N) is 1. The number of likely N-dealkylation sites (tertiary alicyclic amines) is 2. The molecule has 8 nitrogen and oxygen atoms in total. The van der Waals surface area contributed by atoms with Crippen LogP contribution in [0.5, 0.6) is 0 Å². The van der Waals surface area contributed by atoms with Gasteiger partial charge in [0.1, 0.15) is 0 Å². The molecule has 0 saturated carbocycles. The van der Waals surface area contributed by atoms with Crippen molar-refractivity contribution in [3.8, 4) is 5.95 Å². The molecule has 2 aliphatic heterocycles. The van der Waals surface area contributed by atoms with Crippen LogP contribution in [0.4, 0.5) is 8.78 Å². The fourth-order valence-electron chi connectivity index (χ4n) is 4.16. The Morgan fingerprint density at radius 2 is 2.14 bits per heavy atom. The summed E-state index contributed by atoms with van der Waals surface area (Å²) in [5.74, 6) is -2.56. The number of carbonyl (C=O) groups excluding carboxylic acids is 1. The second-order valence-corrected chi connectivity index (χ2v) is 7.86. The zero-order chi connectivity index (χ0) is 20.3. The number of rotatable bonds is 3. The average molecular weight is 402 g/mol. The van der Waals surface area contributed by atoms with Gasteiger partial charge in [-0.2, -0.15) is 5.10 Å². The van der Waals surface area contributed by atoms with Crippen LogP contribution in [0, 0.1) is 6.92 Å². The SMILES string of the molecule is Cc1c(C(=O)N2CC(N3CCC(F)(F)C3)C2)cnn1-c1nc2c(c(=O)[nH]1)CC=C2. The van der Waals surface area contributed by atoms with Crippen molar-refractivity contribution in [3.05, 3.63) is 45.1 Å². The van der Waals surface area contributed by atoms with Crippen LogP contribution in [0.15, 0.2) is 17.1 Å². The first-order valence-corrected chi connectivity index (χ1v) is 9.58. The molecular weight excluding hydrogens is 382 g/mol. The highest BCUT2D eigenvalue weighted by molar-refractivity contribution is 5.95. The van der Waals surface area contributed by atoms with Gasteiger partial charge in [0.15, 0.2) is 0 Å². The predicted molar refractivity (Wildman–Crippen MR) is 100 cm³/mol. The van der Waals surface area contributed by atoms with Crippen molar-refractivity contribution in [2.75, 3.05) is 26.2 Å². The molecule has 1 amide bonds. The van der Waals surface area contributed by atoms with Crippen LogP contribution >= 0.6 is 0 Å². The molecule has 3 aliphatic rings. The predicted octanol–water partition coefficient (Wildman–Crippen LogP) is 0.999. The summed E-state index contributed by atoms with van der Waals surface area (Å²) in [4.78, 5) is 35.6. The van der Waals surface area contributed by atoms with Crippen LogP contribution in [0.25, 0.3) is 12.0 Å². The van der Waals surface area contributed by atoms with Gasteiger partial charge in [0.05, 0.1) is 29.7 Å². The lowest BCUT2D eigenvalue weighted by atomic mass is 10.1. The highest BCUT2D eigenvalue weighted by Gasteiger charge is 2.45. The van der Waals surface area contributed by atoms with Gasteiger partial charge in [0.2, 0.25) is 5.95 Å². The van der Waals surface area contributed by atoms with E-state index in [0.29, 0.717) is 48.6 Å². The smallest absolute Gasteiger partial charge is 0.261 e. The van der Waals surface area contributed by atoms with Gasteiger partial charge in [-0.1, -0.05) is 6.08 Å². The van der Waals surface area contributed by atoms with E-state index in [1.54, 1.807) is 22.8 Å². The summed E-state index contributed by atoms with van der Waals surface area (Å²) in [5.41, 5.74) is 1.99. The number of H-pyrrole nitrogens is 1. The van der Waals surface area contributed by atoms with E-state index in [2.05, 4.69) is 15.1 Å². The van der Waals surface area contributed by atoms with Crippen molar-refractivity contribution >= 4 is 12.0 Å². The minimum absolute atomic E-state index is 0.0239. The molecule has 1 aliphatic carbocycles. The number of hydrogen-bond acceptors (Lipinski definition) is 5. The molecule has 5 rings (SSSR count). The zero-order valence-corrected chi connectivity index (χ0v) is 15.9. The van der Waals surface area contributed by atoms with Crippen LogP contribution in [0.1, 0.15) is 33.7 Å². The highest BCUT2D eigenvalue weighted by atomic mass is 19.3. The van der Waals surface area contributed by atoms with Gasteiger partial charge in [0.25, 0.3) is 17.4 Å². The van der Waals surface area contributed by atoms with E-state index < -0.39 is 5.92 Å². The van der Waals surface area contributed by atoms with Gasteiger partial charge in [-0.15, -0.1) is 0 Å². The van der Waals surface area contributed by atoms with Gasteiger partial charge in [-0.25, -0.2) is 18.4 Å². The molecule has 29 heavy (non-hydrogen) atoms. The van der Waals surface area contributed by atoms with E-state index in [9.17, 15) is 18.4 Å².